The van der Waals surface area contributed by atoms with Gasteiger partial charge < -0.3 is 4.74 Å². The number of carbonyl (C=O) groups is 1. The monoisotopic (exact) mass is 337 g/mol. The van der Waals surface area contributed by atoms with E-state index in [0.717, 1.165) is 30.5 Å². The number of hydrogen-bond donors (Lipinski definition) is 0. The first-order chi connectivity index (χ1) is 12.2. The Morgan fingerprint density at radius 2 is 1.92 bits per heavy atom. The Hall–Kier alpha value is -2.69. The predicted octanol–water partition coefficient (Wildman–Crippen LogP) is 4.01. The second kappa shape index (κ2) is 7.47. The summed E-state index contributed by atoms with van der Waals surface area (Å²) in [5.74, 6) is 0.996. The molecule has 3 rings (SSSR count). The maximum atomic E-state index is 12.6. The van der Waals surface area contributed by atoms with Crippen LogP contribution in [-0.2, 0) is 6.42 Å². The molecule has 0 aliphatic carbocycles. The van der Waals surface area contributed by atoms with E-state index in [1.54, 1.807) is 25.4 Å². The summed E-state index contributed by atoms with van der Waals surface area (Å²) in [6, 6.07) is 9.18. The van der Waals surface area contributed by atoms with Crippen molar-refractivity contribution in [1.29, 1.82) is 0 Å². The zero-order valence-corrected chi connectivity index (χ0v) is 15.0. The highest BCUT2D eigenvalue weighted by atomic mass is 16.5. The van der Waals surface area contributed by atoms with Crippen molar-refractivity contribution in [3.8, 4) is 5.88 Å². The lowest BCUT2D eigenvalue weighted by atomic mass is 10.1. The van der Waals surface area contributed by atoms with Crippen molar-refractivity contribution in [2.24, 2.45) is 0 Å². The van der Waals surface area contributed by atoms with Crippen LogP contribution in [-0.4, -0.2) is 27.3 Å². The second-order valence-electron chi connectivity index (χ2n) is 6.13. The molecule has 5 heteroatoms. The summed E-state index contributed by atoms with van der Waals surface area (Å²) in [5.41, 5.74) is 3.13. The van der Waals surface area contributed by atoms with Crippen LogP contribution in [0.2, 0.25) is 0 Å². The highest BCUT2D eigenvalue weighted by Crippen LogP contribution is 2.24. The third-order valence-electron chi connectivity index (χ3n) is 4.44. The molecule has 0 aliphatic rings. The van der Waals surface area contributed by atoms with Crippen LogP contribution in [0.5, 0.6) is 5.88 Å². The summed E-state index contributed by atoms with van der Waals surface area (Å²) in [4.78, 5) is 21.6. The van der Waals surface area contributed by atoms with Crippen LogP contribution in [0.4, 0.5) is 0 Å². The minimum Gasteiger partial charge on any atom is -0.481 e. The topological polar surface area (TPSA) is 56.5 Å². The van der Waals surface area contributed by atoms with Crippen LogP contribution in [0, 0.1) is 6.92 Å². The van der Waals surface area contributed by atoms with E-state index in [2.05, 4.69) is 16.9 Å². The van der Waals surface area contributed by atoms with Gasteiger partial charge >= 0.3 is 0 Å². The summed E-state index contributed by atoms with van der Waals surface area (Å²) >= 11 is 0. The standard InChI is InChI=1S/C20H23N3O2/c1-4-5-7-12-16-14(2)23-13-17(21-20(23)22-19(16)25-3)18(24)15-10-8-6-9-11-15/h6,8-11,13H,4-5,7,12H2,1-3H3. The first-order valence-electron chi connectivity index (χ1n) is 8.68. The largest absolute Gasteiger partial charge is 0.481 e. The lowest BCUT2D eigenvalue weighted by molar-refractivity contribution is 0.103. The van der Waals surface area contributed by atoms with Crippen molar-refractivity contribution < 1.29 is 9.53 Å². The minimum absolute atomic E-state index is 0.100. The highest BCUT2D eigenvalue weighted by Gasteiger charge is 2.18. The third kappa shape index (κ3) is 3.40. The van der Waals surface area contributed by atoms with E-state index >= 15 is 0 Å². The van der Waals surface area contributed by atoms with Crippen molar-refractivity contribution in [1.82, 2.24) is 14.4 Å². The third-order valence-corrected chi connectivity index (χ3v) is 4.44. The number of imidazole rings is 1. The van der Waals surface area contributed by atoms with Crippen molar-refractivity contribution in [3.63, 3.8) is 0 Å². The Balaban J connectivity index is 2.02. The van der Waals surface area contributed by atoms with Crippen LogP contribution in [0.1, 0.15) is 53.5 Å². The number of nitrogens with zero attached hydrogens (tertiary/aromatic N) is 3. The van der Waals surface area contributed by atoms with Gasteiger partial charge in [0.15, 0.2) is 0 Å². The molecule has 130 valence electrons. The van der Waals surface area contributed by atoms with E-state index in [1.807, 2.05) is 29.5 Å². The molecule has 0 saturated heterocycles. The Morgan fingerprint density at radius 3 is 2.60 bits per heavy atom. The lowest BCUT2D eigenvalue weighted by Crippen LogP contribution is -2.04. The van der Waals surface area contributed by atoms with Crippen LogP contribution in [0.3, 0.4) is 0 Å². The Bertz CT molecular complexity index is 885. The number of methoxy groups -OCH3 is 1. The molecular formula is C20H23N3O2. The van der Waals surface area contributed by atoms with Crippen LogP contribution in [0.25, 0.3) is 5.78 Å². The maximum absolute atomic E-state index is 12.6. The molecule has 0 amide bonds. The Morgan fingerprint density at radius 1 is 1.16 bits per heavy atom. The molecule has 0 radical (unpaired) electrons. The minimum atomic E-state index is -0.100. The van der Waals surface area contributed by atoms with Gasteiger partial charge in [0.05, 0.1) is 7.11 Å². The van der Waals surface area contributed by atoms with Gasteiger partial charge in [-0.2, -0.15) is 4.98 Å². The molecule has 0 N–H and O–H groups in total. The fourth-order valence-corrected chi connectivity index (χ4v) is 3.01. The zero-order chi connectivity index (χ0) is 17.8. The average Bonchev–Trinajstić information content (AvgIpc) is 3.08. The van der Waals surface area contributed by atoms with Gasteiger partial charge in [-0.25, -0.2) is 4.98 Å². The molecule has 5 nitrogen and oxygen atoms in total. The van der Waals surface area contributed by atoms with Crippen molar-refractivity contribution in [2.75, 3.05) is 7.11 Å². The summed E-state index contributed by atoms with van der Waals surface area (Å²) in [5, 5.41) is 0. The van der Waals surface area contributed by atoms with E-state index in [0.29, 0.717) is 22.9 Å². The average molecular weight is 337 g/mol. The molecule has 0 unspecified atom stereocenters. The van der Waals surface area contributed by atoms with Crippen molar-refractivity contribution >= 4 is 11.6 Å². The molecule has 2 heterocycles. The number of aryl methyl sites for hydroxylation is 1. The smallest absolute Gasteiger partial charge is 0.237 e. The fraction of sp³-hybridized carbons (Fsp3) is 0.350. The van der Waals surface area contributed by atoms with Gasteiger partial charge in [-0.05, 0) is 19.8 Å². The van der Waals surface area contributed by atoms with Gasteiger partial charge in [0.25, 0.3) is 0 Å². The summed E-state index contributed by atoms with van der Waals surface area (Å²) < 4.78 is 7.36. The van der Waals surface area contributed by atoms with E-state index in [9.17, 15) is 4.79 Å². The maximum Gasteiger partial charge on any atom is 0.237 e. The predicted molar refractivity (Wildman–Crippen MR) is 97.4 cm³/mol. The van der Waals surface area contributed by atoms with E-state index in [-0.39, 0.29) is 5.78 Å². The first kappa shape index (κ1) is 17.1. The molecule has 25 heavy (non-hydrogen) atoms. The summed E-state index contributed by atoms with van der Waals surface area (Å²) in [7, 11) is 1.63. The summed E-state index contributed by atoms with van der Waals surface area (Å²) in [6.45, 7) is 4.21. The molecule has 0 aliphatic heterocycles. The quantitative estimate of drug-likeness (QED) is 0.483. The van der Waals surface area contributed by atoms with Gasteiger partial charge in [0.1, 0.15) is 5.69 Å². The number of carbonyl (C=O) groups excluding carboxylic acids is 1. The molecule has 0 bridgehead atoms. The van der Waals surface area contributed by atoms with E-state index in [1.165, 1.54) is 6.42 Å². The van der Waals surface area contributed by atoms with Crippen LogP contribution < -0.4 is 4.74 Å². The fourth-order valence-electron chi connectivity index (χ4n) is 3.01. The van der Waals surface area contributed by atoms with Gasteiger partial charge in [0, 0.05) is 23.0 Å². The highest BCUT2D eigenvalue weighted by molar-refractivity contribution is 6.07. The van der Waals surface area contributed by atoms with Gasteiger partial charge in [-0.1, -0.05) is 50.1 Å². The zero-order valence-electron chi connectivity index (χ0n) is 15.0. The van der Waals surface area contributed by atoms with Crippen LogP contribution >= 0.6 is 0 Å². The number of ether oxygens (including phenoxy) is 1. The van der Waals surface area contributed by atoms with E-state index < -0.39 is 0 Å². The number of unbranched alkanes of at least 4 members (excludes halogenated alkanes) is 2. The number of ketones is 1. The Labute approximate surface area is 147 Å². The Kier molecular flexibility index (Phi) is 5.12. The number of rotatable bonds is 7. The number of benzene rings is 1. The molecule has 3 aromatic rings. The number of fused-ring (bicyclic) bond motifs is 1. The second-order valence-corrected chi connectivity index (χ2v) is 6.13. The molecule has 0 atom stereocenters. The molecule has 1 aromatic carbocycles. The molecule has 0 spiro atoms. The first-order valence-corrected chi connectivity index (χ1v) is 8.68. The van der Waals surface area contributed by atoms with Crippen LogP contribution in [0.15, 0.2) is 36.5 Å². The number of hydrogen-bond acceptors (Lipinski definition) is 4. The van der Waals surface area contributed by atoms with Crippen molar-refractivity contribution in [2.45, 2.75) is 39.5 Å². The van der Waals surface area contributed by atoms with Crippen molar-refractivity contribution in [3.05, 3.63) is 59.0 Å². The molecule has 0 fully saturated rings. The molecular weight excluding hydrogens is 314 g/mol. The summed E-state index contributed by atoms with van der Waals surface area (Å²) in [6.07, 6.45) is 6.10. The van der Waals surface area contributed by atoms with Gasteiger partial charge in [-0.3, -0.25) is 9.20 Å². The SMILES string of the molecule is CCCCCc1c(OC)nc2nc(C(=O)c3ccccc3)cn2c1C. The molecule has 0 saturated carbocycles. The number of aromatic nitrogens is 3. The van der Waals surface area contributed by atoms with E-state index in [4.69, 9.17) is 4.74 Å². The molecule has 2 aromatic heterocycles. The normalized spacial score (nSPS) is 11.0. The van der Waals surface area contributed by atoms with Gasteiger partial charge in [0.2, 0.25) is 17.4 Å². The van der Waals surface area contributed by atoms with Gasteiger partial charge in [-0.15, -0.1) is 0 Å². The lowest BCUT2D eigenvalue weighted by Gasteiger charge is -2.12.